The summed E-state index contributed by atoms with van der Waals surface area (Å²) in [6.45, 7) is 10.4. The van der Waals surface area contributed by atoms with Gasteiger partial charge < -0.3 is 20.2 Å². The fourth-order valence-electron chi connectivity index (χ4n) is 5.22. The van der Waals surface area contributed by atoms with Crippen molar-refractivity contribution >= 4 is 11.8 Å². The number of rotatable bonds is 10. The lowest BCUT2D eigenvalue weighted by molar-refractivity contribution is -0.0117. The van der Waals surface area contributed by atoms with Crippen LogP contribution in [0.4, 0.5) is 11.8 Å². The van der Waals surface area contributed by atoms with Crippen molar-refractivity contribution in [3.05, 3.63) is 11.8 Å². The van der Waals surface area contributed by atoms with Crippen LogP contribution in [-0.4, -0.2) is 78.6 Å². The first-order chi connectivity index (χ1) is 15.2. The van der Waals surface area contributed by atoms with E-state index in [0.29, 0.717) is 5.92 Å². The minimum absolute atomic E-state index is 0.343. The maximum Gasteiger partial charge on any atom is 0.227 e. The summed E-state index contributed by atoms with van der Waals surface area (Å²) in [7, 11) is 0. The maximum atomic E-state index is 10.8. The molecule has 174 valence electrons. The predicted octanol–water partition coefficient (Wildman–Crippen LogP) is 2.95. The summed E-state index contributed by atoms with van der Waals surface area (Å²) >= 11 is 0. The highest BCUT2D eigenvalue weighted by Crippen LogP contribution is 2.32. The van der Waals surface area contributed by atoms with Gasteiger partial charge in [-0.15, -0.1) is 0 Å². The molecule has 4 rings (SSSR count). The Kier molecular flexibility index (Phi) is 8.39. The number of nitrogens with zero attached hydrogens (tertiary/aromatic N) is 5. The molecule has 0 radical (unpaired) electrons. The lowest BCUT2D eigenvalue weighted by atomic mass is 9.92. The minimum Gasteiger partial charge on any atom is -0.378 e. The summed E-state index contributed by atoms with van der Waals surface area (Å²) in [5.41, 5.74) is 1.19. The van der Waals surface area contributed by atoms with Crippen molar-refractivity contribution < 1.29 is 5.11 Å². The highest BCUT2D eigenvalue weighted by molar-refractivity contribution is 5.47. The molecule has 0 spiro atoms. The second kappa shape index (κ2) is 11.4. The van der Waals surface area contributed by atoms with Gasteiger partial charge in [0.25, 0.3) is 0 Å². The van der Waals surface area contributed by atoms with E-state index in [4.69, 9.17) is 9.97 Å². The first kappa shape index (κ1) is 22.7. The van der Waals surface area contributed by atoms with Gasteiger partial charge in [-0.2, -0.15) is 4.98 Å². The van der Waals surface area contributed by atoms with Crippen LogP contribution in [0, 0.1) is 0 Å². The van der Waals surface area contributed by atoms with Gasteiger partial charge in [0, 0.05) is 64.3 Å². The highest BCUT2D eigenvalue weighted by Gasteiger charge is 2.25. The second-order valence-corrected chi connectivity index (χ2v) is 9.52. The Morgan fingerprint density at radius 3 is 2.26 bits per heavy atom. The number of aliphatic hydroxyl groups excluding tert-OH is 1. The van der Waals surface area contributed by atoms with Crippen LogP contribution in [0.3, 0.4) is 0 Å². The van der Waals surface area contributed by atoms with Gasteiger partial charge in [0.15, 0.2) is 0 Å². The van der Waals surface area contributed by atoms with E-state index < -0.39 is 0 Å². The zero-order chi connectivity index (χ0) is 21.5. The Balaban J connectivity index is 1.52. The van der Waals surface area contributed by atoms with Gasteiger partial charge in [0.2, 0.25) is 5.95 Å². The van der Waals surface area contributed by atoms with Crippen LogP contribution in [-0.2, 0) is 0 Å². The van der Waals surface area contributed by atoms with Crippen molar-refractivity contribution in [2.45, 2.75) is 76.9 Å². The molecule has 3 fully saturated rings. The molecule has 0 bridgehead atoms. The van der Waals surface area contributed by atoms with Gasteiger partial charge in [-0.05, 0) is 44.9 Å². The average molecular weight is 431 g/mol. The molecule has 2 unspecified atom stereocenters. The zero-order valence-corrected chi connectivity index (χ0v) is 19.4. The third-order valence-electron chi connectivity index (χ3n) is 7.21. The van der Waals surface area contributed by atoms with Crippen LogP contribution in [0.15, 0.2) is 6.07 Å². The Morgan fingerprint density at radius 1 is 0.903 bits per heavy atom. The third-order valence-corrected chi connectivity index (χ3v) is 7.21. The molecule has 2 N–H and O–H groups in total. The molecule has 3 aliphatic rings. The molecule has 7 heteroatoms. The zero-order valence-electron chi connectivity index (χ0n) is 19.4. The molecule has 0 saturated carbocycles. The first-order valence-corrected chi connectivity index (χ1v) is 12.8. The fraction of sp³-hybridized carbons (Fsp3) is 0.833. The first-order valence-electron chi connectivity index (χ1n) is 12.8. The molecule has 0 aromatic carbocycles. The summed E-state index contributed by atoms with van der Waals surface area (Å²) in [6, 6.07) is 2.27. The van der Waals surface area contributed by atoms with Crippen molar-refractivity contribution in [1.29, 1.82) is 0 Å². The average Bonchev–Trinajstić information content (AvgIpc) is 3.54. The van der Waals surface area contributed by atoms with E-state index in [1.165, 1.54) is 44.2 Å². The van der Waals surface area contributed by atoms with Gasteiger partial charge >= 0.3 is 0 Å². The van der Waals surface area contributed by atoms with Crippen molar-refractivity contribution in [2.24, 2.45) is 0 Å². The molecule has 1 aromatic heterocycles. The van der Waals surface area contributed by atoms with E-state index in [1.807, 2.05) is 0 Å². The number of unbranched alkanes of at least 4 members (excludes halogenated alkanes) is 1. The smallest absolute Gasteiger partial charge is 0.227 e. The molecule has 3 saturated heterocycles. The van der Waals surface area contributed by atoms with Crippen LogP contribution >= 0.6 is 0 Å². The number of piperazine rings is 1. The lowest BCUT2D eigenvalue weighted by Crippen LogP contribution is -2.48. The van der Waals surface area contributed by atoms with E-state index in [0.717, 1.165) is 83.4 Å². The van der Waals surface area contributed by atoms with Crippen LogP contribution in [0.1, 0.15) is 76.3 Å². The van der Waals surface area contributed by atoms with E-state index in [2.05, 4.69) is 33.0 Å². The summed E-state index contributed by atoms with van der Waals surface area (Å²) < 4.78 is 0. The lowest BCUT2D eigenvalue weighted by Gasteiger charge is -2.32. The highest BCUT2D eigenvalue weighted by atomic mass is 16.3. The van der Waals surface area contributed by atoms with Crippen LogP contribution in [0.2, 0.25) is 0 Å². The van der Waals surface area contributed by atoms with E-state index in [-0.39, 0.29) is 6.23 Å². The number of aromatic nitrogens is 2. The van der Waals surface area contributed by atoms with Crippen LogP contribution in [0.25, 0.3) is 0 Å². The van der Waals surface area contributed by atoms with Crippen molar-refractivity contribution in [3.8, 4) is 0 Å². The number of aliphatic hydroxyl groups is 1. The summed E-state index contributed by atoms with van der Waals surface area (Å²) in [5.74, 6) is 2.44. The van der Waals surface area contributed by atoms with Gasteiger partial charge in [-0.25, -0.2) is 4.98 Å². The summed E-state index contributed by atoms with van der Waals surface area (Å²) in [6.07, 6.45) is 9.99. The van der Waals surface area contributed by atoms with Crippen molar-refractivity contribution in [1.82, 2.24) is 20.2 Å². The normalized spacial score (nSPS) is 22.3. The summed E-state index contributed by atoms with van der Waals surface area (Å²) in [4.78, 5) is 17.2. The number of nitrogens with one attached hydrogen (secondary N) is 1. The topological polar surface area (TPSA) is 67.8 Å². The molecule has 4 heterocycles. The molecule has 1 aromatic rings. The monoisotopic (exact) mass is 430 g/mol. The number of anilines is 2. The van der Waals surface area contributed by atoms with Gasteiger partial charge in [-0.3, -0.25) is 4.90 Å². The number of hydrogen-bond donors (Lipinski definition) is 2. The SMILES string of the molecule is CCCCC(CCC(O)N1CCNCC1)c1cc(N2CCCC2)nc(N2CCCC2)n1. The number of hydrogen-bond acceptors (Lipinski definition) is 7. The van der Waals surface area contributed by atoms with Crippen LogP contribution < -0.4 is 15.1 Å². The molecular formula is C24H42N6O. The molecule has 7 nitrogen and oxygen atoms in total. The Labute approximate surface area is 188 Å². The molecule has 31 heavy (non-hydrogen) atoms. The predicted molar refractivity (Wildman–Crippen MR) is 127 cm³/mol. The van der Waals surface area contributed by atoms with E-state index >= 15 is 0 Å². The maximum absolute atomic E-state index is 10.8. The minimum atomic E-state index is -0.343. The van der Waals surface area contributed by atoms with E-state index in [1.54, 1.807) is 0 Å². The Bertz CT molecular complexity index is 634. The van der Waals surface area contributed by atoms with Crippen LogP contribution in [0.5, 0.6) is 0 Å². The molecule has 0 amide bonds. The van der Waals surface area contributed by atoms with E-state index in [9.17, 15) is 5.11 Å². The van der Waals surface area contributed by atoms with Gasteiger partial charge in [0.05, 0.1) is 5.69 Å². The van der Waals surface area contributed by atoms with Crippen molar-refractivity contribution in [2.75, 3.05) is 62.2 Å². The summed E-state index contributed by atoms with van der Waals surface area (Å²) in [5, 5.41) is 14.2. The molecular weight excluding hydrogens is 388 g/mol. The molecule has 2 atom stereocenters. The largest absolute Gasteiger partial charge is 0.378 e. The van der Waals surface area contributed by atoms with Gasteiger partial charge in [-0.1, -0.05) is 19.8 Å². The Hall–Kier alpha value is -1.44. The fourth-order valence-corrected chi connectivity index (χ4v) is 5.22. The van der Waals surface area contributed by atoms with Crippen molar-refractivity contribution in [3.63, 3.8) is 0 Å². The quantitative estimate of drug-likeness (QED) is 0.591. The molecule has 3 aliphatic heterocycles. The standard InChI is InChI=1S/C24H42N6O/c1-2-3-8-20(9-10-23(31)29-17-11-25-12-18-29)21-19-22(28-13-4-5-14-28)27-24(26-21)30-15-6-7-16-30/h19-20,23,25,31H,2-18H2,1H3. The van der Waals surface area contributed by atoms with Gasteiger partial charge in [0.1, 0.15) is 12.0 Å². The second-order valence-electron chi connectivity index (χ2n) is 9.52. The third kappa shape index (κ3) is 6.08. The molecule has 0 aliphatic carbocycles. The Morgan fingerprint density at radius 2 is 1.58 bits per heavy atom.